The summed E-state index contributed by atoms with van der Waals surface area (Å²) in [7, 11) is 1.63. The Bertz CT molecular complexity index is 910. The van der Waals surface area contributed by atoms with Crippen molar-refractivity contribution in [2.45, 2.75) is 17.9 Å². The van der Waals surface area contributed by atoms with Crippen LogP contribution in [0.15, 0.2) is 52.1 Å². The number of hydrogen-bond donors (Lipinski definition) is 0. The summed E-state index contributed by atoms with van der Waals surface area (Å²) in [6.45, 7) is 2.01. The van der Waals surface area contributed by atoms with Crippen molar-refractivity contribution in [3.8, 4) is 17.2 Å². The topological polar surface area (TPSA) is 91.3 Å². The largest absolute Gasteiger partial charge is 0.496 e. The van der Waals surface area contributed by atoms with Gasteiger partial charge in [0.15, 0.2) is 0 Å². The summed E-state index contributed by atoms with van der Waals surface area (Å²) < 4.78 is 11.0. The van der Waals surface area contributed by atoms with Crippen molar-refractivity contribution in [3.05, 3.63) is 63.7 Å². The molecule has 0 saturated heterocycles. The lowest BCUT2D eigenvalue weighted by Crippen LogP contribution is -1.91. The maximum absolute atomic E-state index is 10.9. The number of rotatable bonds is 6. The van der Waals surface area contributed by atoms with Crippen LogP contribution in [0.3, 0.4) is 0 Å². The minimum absolute atomic E-state index is 0.0191. The minimum atomic E-state index is -0.459. The highest BCUT2D eigenvalue weighted by molar-refractivity contribution is 7.98. The van der Waals surface area contributed by atoms with E-state index in [0.29, 0.717) is 16.5 Å². The number of methoxy groups -OCH3 is 1. The summed E-state index contributed by atoms with van der Waals surface area (Å²) in [5.41, 5.74) is 2.66. The van der Waals surface area contributed by atoms with Gasteiger partial charge in [0.25, 0.3) is 10.9 Å². The number of aromatic nitrogens is 2. The van der Waals surface area contributed by atoms with Gasteiger partial charge in [0, 0.05) is 29.0 Å². The van der Waals surface area contributed by atoms with Gasteiger partial charge in [-0.15, -0.1) is 10.2 Å². The molecule has 0 aliphatic rings. The van der Waals surface area contributed by atoms with Gasteiger partial charge in [-0.3, -0.25) is 10.1 Å². The summed E-state index contributed by atoms with van der Waals surface area (Å²) in [5, 5.41) is 19.2. The first-order valence-electron chi connectivity index (χ1n) is 7.41. The van der Waals surface area contributed by atoms with Crippen LogP contribution in [0, 0.1) is 17.0 Å². The van der Waals surface area contributed by atoms with Gasteiger partial charge >= 0.3 is 0 Å². The van der Waals surface area contributed by atoms with Crippen LogP contribution >= 0.6 is 11.8 Å². The zero-order chi connectivity index (χ0) is 17.8. The summed E-state index contributed by atoms with van der Waals surface area (Å²) in [4.78, 5) is 10.4. The highest BCUT2D eigenvalue weighted by atomic mass is 32.2. The molecule has 0 radical (unpaired) electrons. The summed E-state index contributed by atoms with van der Waals surface area (Å²) in [5.74, 6) is 1.67. The lowest BCUT2D eigenvalue weighted by molar-refractivity contribution is -0.384. The number of hydrogen-bond acceptors (Lipinski definition) is 7. The molecule has 0 bridgehead atoms. The zero-order valence-corrected chi connectivity index (χ0v) is 14.4. The third-order valence-corrected chi connectivity index (χ3v) is 4.36. The molecule has 8 heteroatoms. The molecular formula is C17H15N3O4S. The molecule has 1 heterocycles. The maximum atomic E-state index is 10.9. The third-order valence-electron chi connectivity index (χ3n) is 3.50. The van der Waals surface area contributed by atoms with Crippen molar-refractivity contribution in [2.24, 2.45) is 0 Å². The van der Waals surface area contributed by atoms with Crippen LogP contribution in [0.5, 0.6) is 5.75 Å². The molecule has 3 rings (SSSR count). The fourth-order valence-corrected chi connectivity index (χ4v) is 3.04. The zero-order valence-electron chi connectivity index (χ0n) is 13.6. The van der Waals surface area contributed by atoms with Gasteiger partial charge in [0.1, 0.15) is 5.75 Å². The van der Waals surface area contributed by atoms with Gasteiger partial charge in [-0.05, 0) is 19.1 Å². The summed E-state index contributed by atoms with van der Waals surface area (Å²) in [6.07, 6.45) is 0. The van der Waals surface area contributed by atoms with E-state index in [0.717, 1.165) is 16.9 Å². The van der Waals surface area contributed by atoms with E-state index >= 15 is 0 Å². The highest BCUT2D eigenvalue weighted by Crippen LogP contribution is 2.30. The smallest absolute Gasteiger partial charge is 0.277 e. The number of ether oxygens (including phenoxy) is 1. The Hall–Kier alpha value is -2.87. The summed E-state index contributed by atoms with van der Waals surface area (Å²) >= 11 is 1.38. The van der Waals surface area contributed by atoms with E-state index in [9.17, 15) is 10.1 Å². The molecular weight excluding hydrogens is 342 g/mol. The lowest BCUT2D eigenvalue weighted by Gasteiger charge is -2.07. The molecule has 1 aromatic heterocycles. The number of thioether (sulfide) groups is 1. The summed E-state index contributed by atoms with van der Waals surface area (Å²) in [6, 6.07) is 12.1. The molecule has 0 amide bonds. The Kier molecular flexibility index (Phi) is 4.99. The monoisotopic (exact) mass is 357 g/mol. The molecule has 25 heavy (non-hydrogen) atoms. The van der Waals surface area contributed by atoms with Crippen LogP contribution in [0.1, 0.15) is 11.1 Å². The first-order chi connectivity index (χ1) is 12.1. The molecule has 7 nitrogen and oxygen atoms in total. The number of benzene rings is 2. The second-order valence-electron chi connectivity index (χ2n) is 5.28. The van der Waals surface area contributed by atoms with Crippen molar-refractivity contribution >= 4 is 17.4 Å². The second-order valence-corrected chi connectivity index (χ2v) is 6.21. The highest BCUT2D eigenvalue weighted by Gasteiger charge is 2.14. The van der Waals surface area contributed by atoms with Crippen molar-refractivity contribution in [2.75, 3.05) is 7.11 Å². The minimum Gasteiger partial charge on any atom is -0.496 e. The van der Waals surface area contributed by atoms with E-state index < -0.39 is 4.92 Å². The molecule has 128 valence electrons. The average Bonchev–Trinajstić information content (AvgIpc) is 3.09. The van der Waals surface area contributed by atoms with Crippen LogP contribution in [0.25, 0.3) is 11.5 Å². The Labute approximate surface area is 148 Å². The molecule has 0 fully saturated rings. The molecule has 0 atom stereocenters. The quantitative estimate of drug-likeness (QED) is 0.370. The Morgan fingerprint density at radius 3 is 2.84 bits per heavy atom. The maximum Gasteiger partial charge on any atom is 0.277 e. The SMILES string of the molecule is COc1ccc(C)cc1CSc1nnc(-c2cccc([N+](=O)[O-])c2)o1. The van der Waals surface area contributed by atoms with Gasteiger partial charge in [0.2, 0.25) is 5.89 Å². The third kappa shape index (κ3) is 3.97. The average molecular weight is 357 g/mol. The normalized spacial score (nSPS) is 10.6. The van der Waals surface area contributed by atoms with Crippen molar-refractivity contribution < 1.29 is 14.1 Å². The Morgan fingerprint density at radius 1 is 1.24 bits per heavy atom. The first-order valence-corrected chi connectivity index (χ1v) is 8.40. The first kappa shape index (κ1) is 17.0. The van der Waals surface area contributed by atoms with E-state index in [1.165, 1.54) is 23.9 Å². The molecule has 2 aromatic carbocycles. The number of nitro groups is 1. The molecule has 3 aromatic rings. The Balaban J connectivity index is 1.75. The van der Waals surface area contributed by atoms with E-state index in [4.69, 9.17) is 9.15 Å². The van der Waals surface area contributed by atoms with Gasteiger partial charge < -0.3 is 9.15 Å². The Morgan fingerprint density at radius 2 is 2.08 bits per heavy atom. The van der Waals surface area contributed by atoms with Crippen LogP contribution in [-0.2, 0) is 5.75 Å². The van der Waals surface area contributed by atoms with E-state index in [1.54, 1.807) is 19.2 Å². The van der Waals surface area contributed by atoms with E-state index in [1.807, 2.05) is 25.1 Å². The van der Waals surface area contributed by atoms with Crippen molar-refractivity contribution in [3.63, 3.8) is 0 Å². The van der Waals surface area contributed by atoms with Crippen LogP contribution < -0.4 is 4.74 Å². The fraction of sp³-hybridized carbons (Fsp3) is 0.176. The number of non-ortho nitro benzene ring substituents is 1. The second kappa shape index (κ2) is 7.35. The van der Waals surface area contributed by atoms with Crippen LogP contribution in [0.2, 0.25) is 0 Å². The van der Waals surface area contributed by atoms with Gasteiger partial charge in [0.05, 0.1) is 12.0 Å². The fourth-order valence-electron chi connectivity index (χ4n) is 2.30. The van der Waals surface area contributed by atoms with Gasteiger partial charge in [-0.2, -0.15) is 0 Å². The lowest BCUT2D eigenvalue weighted by atomic mass is 10.1. The molecule has 0 spiro atoms. The molecule has 0 aliphatic carbocycles. The van der Waals surface area contributed by atoms with Gasteiger partial charge in [-0.25, -0.2) is 0 Å². The molecule has 0 N–H and O–H groups in total. The van der Waals surface area contributed by atoms with Crippen LogP contribution in [-0.4, -0.2) is 22.2 Å². The predicted molar refractivity (Wildman–Crippen MR) is 93.7 cm³/mol. The van der Waals surface area contributed by atoms with E-state index in [2.05, 4.69) is 10.2 Å². The van der Waals surface area contributed by atoms with Crippen molar-refractivity contribution in [1.29, 1.82) is 0 Å². The van der Waals surface area contributed by atoms with E-state index in [-0.39, 0.29) is 11.6 Å². The standard InChI is InChI=1S/C17H15N3O4S/c1-11-6-7-15(23-2)13(8-11)10-25-17-19-18-16(24-17)12-4-3-5-14(9-12)20(21)22/h3-9H,10H2,1-2H3. The number of aryl methyl sites for hydroxylation is 1. The number of nitro benzene ring substituents is 1. The number of nitrogens with zero attached hydrogens (tertiary/aromatic N) is 3. The van der Waals surface area contributed by atoms with Gasteiger partial charge in [-0.1, -0.05) is 35.5 Å². The molecule has 0 unspecified atom stereocenters. The molecule has 0 saturated carbocycles. The van der Waals surface area contributed by atoms with Crippen LogP contribution in [0.4, 0.5) is 5.69 Å². The molecule has 0 aliphatic heterocycles. The predicted octanol–water partition coefficient (Wildman–Crippen LogP) is 4.25. The van der Waals surface area contributed by atoms with Crippen molar-refractivity contribution in [1.82, 2.24) is 10.2 Å².